The minimum atomic E-state index is -1.01. The van der Waals surface area contributed by atoms with Gasteiger partial charge in [0.1, 0.15) is 12.6 Å². The van der Waals surface area contributed by atoms with E-state index in [2.05, 4.69) is 0 Å². The fourth-order valence-electron chi connectivity index (χ4n) is 2.89. The van der Waals surface area contributed by atoms with Crippen LogP contribution in [0.25, 0.3) is 0 Å². The van der Waals surface area contributed by atoms with Crippen molar-refractivity contribution in [2.24, 2.45) is 0 Å². The van der Waals surface area contributed by atoms with Crippen molar-refractivity contribution in [2.45, 2.75) is 50.0 Å². The molecule has 0 saturated carbocycles. The second-order valence-electron chi connectivity index (χ2n) is 6.30. The van der Waals surface area contributed by atoms with Crippen LogP contribution in [0.4, 0.5) is 4.79 Å². The molecule has 22 heavy (non-hydrogen) atoms. The molecule has 1 N–H and O–H groups in total. The summed E-state index contributed by atoms with van der Waals surface area (Å²) >= 11 is 1.46. The summed E-state index contributed by atoms with van der Waals surface area (Å²) in [6.45, 7) is 7.48. The summed E-state index contributed by atoms with van der Waals surface area (Å²) in [7, 11) is 0. The zero-order valence-electron chi connectivity index (χ0n) is 13.2. The molecule has 120 valence electrons. The van der Waals surface area contributed by atoms with Crippen molar-refractivity contribution in [2.75, 3.05) is 0 Å². The summed E-state index contributed by atoms with van der Waals surface area (Å²) in [6.07, 6.45) is -0.598. The summed E-state index contributed by atoms with van der Waals surface area (Å²) in [5.74, 6) is -1.01. The Morgan fingerprint density at radius 3 is 2.36 bits per heavy atom. The Hall–Kier alpha value is -1.69. The molecule has 1 aliphatic heterocycles. The van der Waals surface area contributed by atoms with Gasteiger partial charge in [0.25, 0.3) is 0 Å². The average Bonchev–Trinajstić information content (AvgIpc) is 2.61. The number of nitrogens with zero attached hydrogens (tertiary/aromatic N) is 1. The molecule has 0 unspecified atom stereocenters. The van der Waals surface area contributed by atoms with Gasteiger partial charge in [-0.15, -0.1) is 11.8 Å². The van der Waals surface area contributed by atoms with Gasteiger partial charge in [0.2, 0.25) is 0 Å². The third kappa shape index (κ3) is 3.21. The lowest BCUT2D eigenvalue weighted by Gasteiger charge is -2.32. The van der Waals surface area contributed by atoms with Crippen molar-refractivity contribution in [1.82, 2.24) is 4.90 Å². The number of amides is 1. The number of carboxylic acids is 1. The van der Waals surface area contributed by atoms with Crippen LogP contribution in [-0.2, 0) is 16.1 Å². The lowest BCUT2D eigenvalue weighted by atomic mass is 10.0. The predicted octanol–water partition coefficient (Wildman–Crippen LogP) is 3.34. The van der Waals surface area contributed by atoms with E-state index in [-0.39, 0.29) is 6.61 Å². The minimum absolute atomic E-state index is 0.129. The summed E-state index contributed by atoms with van der Waals surface area (Å²) < 4.78 is 4.75. The third-order valence-corrected chi connectivity index (χ3v) is 5.09. The van der Waals surface area contributed by atoms with Crippen LogP contribution in [-0.4, -0.2) is 37.7 Å². The topological polar surface area (TPSA) is 66.8 Å². The van der Waals surface area contributed by atoms with E-state index in [9.17, 15) is 14.7 Å². The molecule has 5 nitrogen and oxygen atoms in total. The van der Waals surface area contributed by atoms with Gasteiger partial charge in [0.15, 0.2) is 0 Å². The molecule has 2 rings (SSSR count). The molecule has 0 aliphatic carbocycles. The summed E-state index contributed by atoms with van der Waals surface area (Å²) in [4.78, 5) is 24.8. The molecular formula is C16H21NO4S. The maximum atomic E-state index is 12.5. The van der Waals surface area contributed by atoms with Crippen LogP contribution in [0.15, 0.2) is 30.3 Å². The van der Waals surface area contributed by atoms with E-state index < -0.39 is 27.7 Å². The summed E-state index contributed by atoms with van der Waals surface area (Å²) in [5.41, 5.74) is 0.867. The molecule has 0 spiro atoms. The highest BCUT2D eigenvalue weighted by Gasteiger charge is 2.57. The lowest BCUT2D eigenvalue weighted by Crippen LogP contribution is -2.53. The van der Waals surface area contributed by atoms with E-state index in [0.29, 0.717) is 0 Å². The zero-order valence-corrected chi connectivity index (χ0v) is 14.0. The third-order valence-electron chi connectivity index (χ3n) is 3.65. The zero-order chi connectivity index (χ0) is 16.5. The number of hydrogen-bond acceptors (Lipinski definition) is 4. The van der Waals surface area contributed by atoms with E-state index in [1.54, 1.807) is 0 Å². The highest BCUT2D eigenvalue weighted by molar-refractivity contribution is 8.02. The average molecular weight is 323 g/mol. The Bertz CT molecular complexity index is 571. The normalized spacial score (nSPS) is 22.4. The lowest BCUT2D eigenvalue weighted by molar-refractivity contribution is -0.144. The Kier molecular flexibility index (Phi) is 4.42. The van der Waals surface area contributed by atoms with Crippen LogP contribution in [0.3, 0.4) is 0 Å². The Morgan fingerprint density at radius 1 is 1.23 bits per heavy atom. The van der Waals surface area contributed by atoms with Gasteiger partial charge in [-0.2, -0.15) is 0 Å². The van der Waals surface area contributed by atoms with Crippen molar-refractivity contribution in [3.05, 3.63) is 35.9 Å². The van der Waals surface area contributed by atoms with Crippen LogP contribution < -0.4 is 0 Å². The Labute approximate surface area is 134 Å². The van der Waals surface area contributed by atoms with Gasteiger partial charge in [-0.3, -0.25) is 4.90 Å². The van der Waals surface area contributed by atoms with Crippen LogP contribution in [0, 0.1) is 0 Å². The van der Waals surface area contributed by atoms with Gasteiger partial charge in [0, 0.05) is 4.75 Å². The number of ether oxygens (including phenoxy) is 1. The molecule has 1 amide bonds. The second kappa shape index (κ2) is 5.83. The number of rotatable bonds is 3. The van der Waals surface area contributed by atoms with Crippen molar-refractivity contribution in [1.29, 1.82) is 0 Å². The molecule has 1 aromatic carbocycles. The van der Waals surface area contributed by atoms with Crippen LogP contribution >= 0.6 is 11.8 Å². The molecule has 1 fully saturated rings. The van der Waals surface area contributed by atoms with E-state index >= 15 is 0 Å². The number of carbonyl (C=O) groups is 2. The van der Waals surface area contributed by atoms with Crippen molar-refractivity contribution >= 4 is 23.8 Å². The molecule has 1 saturated heterocycles. The van der Waals surface area contributed by atoms with Crippen LogP contribution in [0.2, 0.25) is 0 Å². The monoisotopic (exact) mass is 323 g/mol. The fraction of sp³-hybridized carbons (Fsp3) is 0.500. The number of benzene rings is 1. The second-order valence-corrected chi connectivity index (χ2v) is 8.56. The first-order chi connectivity index (χ1) is 10.1. The number of carboxylic acid groups (broad SMARTS) is 1. The molecule has 0 bridgehead atoms. The van der Waals surface area contributed by atoms with Gasteiger partial charge in [-0.05, 0) is 33.3 Å². The molecule has 0 radical (unpaired) electrons. The number of aliphatic carboxylic acids is 1. The Balaban J connectivity index is 2.17. The molecule has 1 aliphatic rings. The summed E-state index contributed by atoms with van der Waals surface area (Å²) in [6, 6.07) is 8.40. The van der Waals surface area contributed by atoms with Crippen molar-refractivity contribution in [3.63, 3.8) is 0 Å². The molecule has 1 heterocycles. The highest BCUT2D eigenvalue weighted by Crippen LogP contribution is 2.51. The van der Waals surface area contributed by atoms with Gasteiger partial charge >= 0.3 is 12.1 Å². The first-order valence-corrected chi connectivity index (χ1v) is 7.90. The van der Waals surface area contributed by atoms with Gasteiger partial charge in [-0.25, -0.2) is 9.59 Å². The molecule has 6 heteroatoms. The van der Waals surface area contributed by atoms with Crippen LogP contribution in [0.5, 0.6) is 0 Å². The van der Waals surface area contributed by atoms with Gasteiger partial charge in [-0.1, -0.05) is 30.3 Å². The first kappa shape index (κ1) is 16.7. The number of thioether (sulfide) groups is 1. The molecule has 1 aromatic rings. The number of carbonyl (C=O) groups excluding carboxylic acids is 1. The van der Waals surface area contributed by atoms with Crippen molar-refractivity contribution in [3.8, 4) is 0 Å². The molecule has 1 atom stereocenters. The molecular weight excluding hydrogens is 302 g/mol. The van der Waals surface area contributed by atoms with E-state index in [4.69, 9.17) is 4.74 Å². The van der Waals surface area contributed by atoms with Gasteiger partial charge < -0.3 is 9.84 Å². The van der Waals surface area contributed by atoms with E-state index in [1.165, 1.54) is 16.7 Å². The Morgan fingerprint density at radius 2 is 1.82 bits per heavy atom. The van der Waals surface area contributed by atoms with E-state index in [1.807, 2.05) is 58.0 Å². The van der Waals surface area contributed by atoms with Crippen molar-refractivity contribution < 1.29 is 19.4 Å². The van der Waals surface area contributed by atoms with Gasteiger partial charge in [0.05, 0.1) is 4.87 Å². The summed E-state index contributed by atoms with van der Waals surface area (Å²) in [5, 5.41) is 9.52. The standard InChI is InChI=1S/C16H21NO4S/c1-15(2)12(13(18)19)17(16(3,4)22-15)14(20)21-10-11-8-6-5-7-9-11/h5-9,12H,10H2,1-4H3,(H,18,19)/t12-/m1/s1. The SMILES string of the molecule is CC1(C)SC(C)(C)N(C(=O)OCc2ccccc2)[C@@H]1C(=O)O. The quantitative estimate of drug-likeness (QED) is 0.924. The largest absolute Gasteiger partial charge is 0.480 e. The van der Waals surface area contributed by atoms with E-state index in [0.717, 1.165) is 5.56 Å². The predicted molar refractivity (Wildman–Crippen MR) is 85.6 cm³/mol. The maximum absolute atomic E-state index is 12.5. The van der Waals surface area contributed by atoms with Crippen LogP contribution in [0.1, 0.15) is 33.3 Å². The smallest absolute Gasteiger partial charge is 0.412 e. The fourth-order valence-corrected chi connectivity index (χ4v) is 4.78. The minimum Gasteiger partial charge on any atom is -0.480 e. The highest BCUT2D eigenvalue weighted by atomic mass is 32.2. The number of hydrogen-bond donors (Lipinski definition) is 1. The maximum Gasteiger partial charge on any atom is 0.412 e. The first-order valence-electron chi connectivity index (χ1n) is 7.08. The molecule has 0 aromatic heterocycles.